The molecule has 1 aromatic heterocycles. The zero-order chi connectivity index (χ0) is 15.6. The minimum absolute atomic E-state index is 0.732. The zero-order valence-electron chi connectivity index (χ0n) is 12.6. The normalized spacial score (nSPS) is 15.1. The van der Waals surface area contributed by atoms with Gasteiger partial charge in [-0.15, -0.1) is 0 Å². The quantitative estimate of drug-likeness (QED) is 0.718. The molecule has 5 heteroatoms. The molecule has 4 rings (SSSR count). The van der Waals surface area contributed by atoms with E-state index >= 15 is 0 Å². The molecule has 1 aliphatic heterocycles. The summed E-state index contributed by atoms with van der Waals surface area (Å²) < 4.78 is 5.39. The fraction of sp³-hybridized carbons (Fsp3) is 0.222. The second kappa shape index (κ2) is 6.14. The highest BCUT2D eigenvalue weighted by molar-refractivity contribution is 6.30. The fourth-order valence-corrected chi connectivity index (χ4v) is 2.98. The number of hydrogen-bond acceptors (Lipinski definition) is 4. The van der Waals surface area contributed by atoms with Gasteiger partial charge in [0, 0.05) is 18.1 Å². The first-order valence-electron chi connectivity index (χ1n) is 7.65. The maximum atomic E-state index is 6.09. The van der Waals surface area contributed by atoms with Crippen molar-refractivity contribution in [3.8, 4) is 11.1 Å². The first-order valence-corrected chi connectivity index (χ1v) is 8.03. The molecule has 1 fully saturated rings. The average Bonchev–Trinajstić information content (AvgIpc) is 2.61. The number of anilines is 1. The van der Waals surface area contributed by atoms with E-state index in [0.29, 0.717) is 0 Å². The number of nitrogens with zero attached hydrogens (tertiary/aromatic N) is 3. The second-order valence-electron chi connectivity index (χ2n) is 5.54. The van der Waals surface area contributed by atoms with Crippen LogP contribution in [0.2, 0.25) is 5.02 Å². The highest BCUT2D eigenvalue weighted by Gasteiger charge is 2.13. The minimum atomic E-state index is 0.732. The van der Waals surface area contributed by atoms with Crippen LogP contribution in [0.5, 0.6) is 0 Å². The Morgan fingerprint density at radius 3 is 2.61 bits per heavy atom. The zero-order valence-corrected chi connectivity index (χ0v) is 13.3. The molecule has 3 aromatic rings. The third-order valence-corrected chi connectivity index (χ3v) is 4.26. The summed E-state index contributed by atoms with van der Waals surface area (Å²) in [6.45, 7) is 3.19. The number of fused-ring (bicyclic) bond motifs is 1. The number of morpholine rings is 1. The third-order valence-electron chi connectivity index (χ3n) is 4.02. The first-order chi connectivity index (χ1) is 11.3. The lowest BCUT2D eigenvalue weighted by Gasteiger charge is -2.27. The molecule has 0 amide bonds. The molecule has 2 aromatic carbocycles. The van der Waals surface area contributed by atoms with Crippen molar-refractivity contribution in [2.75, 3.05) is 31.2 Å². The predicted octanol–water partition coefficient (Wildman–Crippen LogP) is 3.79. The van der Waals surface area contributed by atoms with Crippen molar-refractivity contribution in [3.05, 3.63) is 53.7 Å². The minimum Gasteiger partial charge on any atom is -0.378 e. The summed E-state index contributed by atoms with van der Waals surface area (Å²) in [7, 11) is 0. The molecule has 0 radical (unpaired) electrons. The van der Waals surface area contributed by atoms with Crippen LogP contribution in [-0.2, 0) is 4.74 Å². The molecule has 0 unspecified atom stereocenters. The number of ether oxygens (including phenoxy) is 1. The van der Waals surface area contributed by atoms with Crippen LogP contribution in [0.1, 0.15) is 0 Å². The Bertz CT molecular complexity index is 847. The van der Waals surface area contributed by atoms with Gasteiger partial charge in [-0.3, -0.25) is 4.98 Å². The van der Waals surface area contributed by atoms with E-state index in [1.54, 1.807) is 0 Å². The number of halogens is 1. The van der Waals surface area contributed by atoms with Crippen LogP contribution in [-0.4, -0.2) is 36.3 Å². The van der Waals surface area contributed by atoms with Crippen molar-refractivity contribution < 1.29 is 4.74 Å². The maximum Gasteiger partial charge on any atom is 0.148 e. The number of aromatic nitrogens is 2. The standard InChI is InChI=1S/C18H16ClN3O/c19-15-3-1-2-13(10-15)14-4-5-16-17(11-14)21-18(12-20-16)22-6-8-23-9-7-22/h1-5,10-12H,6-9H2. The van der Waals surface area contributed by atoms with Gasteiger partial charge in [0.05, 0.1) is 30.4 Å². The molecule has 23 heavy (non-hydrogen) atoms. The fourth-order valence-electron chi connectivity index (χ4n) is 2.79. The van der Waals surface area contributed by atoms with E-state index in [0.717, 1.165) is 59.3 Å². The molecular weight excluding hydrogens is 310 g/mol. The van der Waals surface area contributed by atoms with Gasteiger partial charge in [-0.1, -0.05) is 29.8 Å². The third kappa shape index (κ3) is 3.00. The highest BCUT2D eigenvalue weighted by atomic mass is 35.5. The molecule has 2 heterocycles. The largest absolute Gasteiger partial charge is 0.378 e. The van der Waals surface area contributed by atoms with Gasteiger partial charge in [0.25, 0.3) is 0 Å². The van der Waals surface area contributed by atoms with Gasteiger partial charge in [0.1, 0.15) is 5.82 Å². The van der Waals surface area contributed by atoms with Crippen LogP contribution in [0, 0.1) is 0 Å². The Kier molecular flexibility index (Phi) is 3.85. The number of rotatable bonds is 2. The van der Waals surface area contributed by atoms with E-state index in [1.165, 1.54) is 0 Å². The molecular formula is C18H16ClN3O. The lowest BCUT2D eigenvalue weighted by Crippen LogP contribution is -2.36. The van der Waals surface area contributed by atoms with Crippen molar-refractivity contribution >= 4 is 28.5 Å². The maximum absolute atomic E-state index is 6.09. The Labute approximate surface area is 139 Å². The van der Waals surface area contributed by atoms with Crippen LogP contribution in [0.15, 0.2) is 48.7 Å². The Morgan fingerprint density at radius 2 is 1.78 bits per heavy atom. The number of hydrogen-bond donors (Lipinski definition) is 0. The van der Waals surface area contributed by atoms with Gasteiger partial charge in [-0.25, -0.2) is 4.98 Å². The Hall–Kier alpha value is -2.17. The van der Waals surface area contributed by atoms with Crippen molar-refractivity contribution in [2.45, 2.75) is 0 Å². The van der Waals surface area contributed by atoms with Crippen molar-refractivity contribution in [2.24, 2.45) is 0 Å². The van der Waals surface area contributed by atoms with Gasteiger partial charge < -0.3 is 9.64 Å². The van der Waals surface area contributed by atoms with Crippen LogP contribution < -0.4 is 4.90 Å². The van der Waals surface area contributed by atoms with E-state index in [9.17, 15) is 0 Å². The molecule has 0 spiro atoms. The van der Waals surface area contributed by atoms with E-state index in [4.69, 9.17) is 21.3 Å². The molecule has 0 atom stereocenters. The molecule has 1 saturated heterocycles. The molecule has 1 aliphatic rings. The van der Waals surface area contributed by atoms with Crippen LogP contribution in [0.4, 0.5) is 5.82 Å². The Morgan fingerprint density at radius 1 is 0.957 bits per heavy atom. The molecule has 0 N–H and O–H groups in total. The average molecular weight is 326 g/mol. The lowest BCUT2D eigenvalue weighted by atomic mass is 10.1. The smallest absolute Gasteiger partial charge is 0.148 e. The van der Waals surface area contributed by atoms with E-state index in [1.807, 2.05) is 36.5 Å². The SMILES string of the molecule is Clc1cccc(-c2ccc3ncc(N4CCOCC4)nc3c2)c1. The second-order valence-corrected chi connectivity index (χ2v) is 5.98. The Balaban J connectivity index is 1.74. The van der Waals surface area contributed by atoms with Gasteiger partial charge in [-0.05, 0) is 35.4 Å². The lowest BCUT2D eigenvalue weighted by molar-refractivity contribution is 0.122. The van der Waals surface area contributed by atoms with Crippen molar-refractivity contribution in [3.63, 3.8) is 0 Å². The first kappa shape index (κ1) is 14.4. The van der Waals surface area contributed by atoms with Gasteiger partial charge >= 0.3 is 0 Å². The van der Waals surface area contributed by atoms with Crippen molar-refractivity contribution in [1.82, 2.24) is 9.97 Å². The summed E-state index contributed by atoms with van der Waals surface area (Å²) in [6, 6.07) is 14.0. The molecule has 116 valence electrons. The predicted molar refractivity (Wildman–Crippen MR) is 93.0 cm³/mol. The topological polar surface area (TPSA) is 38.2 Å². The van der Waals surface area contributed by atoms with Gasteiger partial charge in [-0.2, -0.15) is 0 Å². The van der Waals surface area contributed by atoms with Gasteiger partial charge in [0.15, 0.2) is 0 Å². The summed E-state index contributed by atoms with van der Waals surface area (Å²) in [6.07, 6.45) is 1.84. The van der Waals surface area contributed by atoms with Crippen LogP contribution >= 0.6 is 11.6 Å². The van der Waals surface area contributed by atoms with Crippen LogP contribution in [0.3, 0.4) is 0 Å². The number of benzene rings is 2. The summed E-state index contributed by atoms with van der Waals surface area (Å²) in [5.41, 5.74) is 3.96. The molecule has 4 nitrogen and oxygen atoms in total. The summed E-state index contributed by atoms with van der Waals surface area (Å²) in [4.78, 5) is 11.5. The molecule has 0 aliphatic carbocycles. The molecule has 0 saturated carbocycles. The monoisotopic (exact) mass is 325 g/mol. The van der Waals surface area contributed by atoms with E-state index < -0.39 is 0 Å². The summed E-state index contributed by atoms with van der Waals surface area (Å²) in [5, 5.41) is 0.732. The summed E-state index contributed by atoms with van der Waals surface area (Å²) in [5.74, 6) is 0.907. The van der Waals surface area contributed by atoms with Crippen molar-refractivity contribution in [1.29, 1.82) is 0 Å². The van der Waals surface area contributed by atoms with E-state index in [2.05, 4.69) is 22.0 Å². The van der Waals surface area contributed by atoms with Crippen LogP contribution in [0.25, 0.3) is 22.2 Å². The van der Waals surface area contributed by atoms with Gasteiger partial charge in [0.2, 0.25) is 0 Å². The van der Waals surface area contributed by atoms with E-state index in [-0.39, 0.29) is 0 Å². The summed E-state index contributed by atoms with van der Waals surface area (Å²) >= 11 is 6.09. The molecule has 0 bridgehead atoms. The highest BCUT2D eigenvalue weighted by Crippen LogP contribution is 2.26.